The summed E-state index contributed by atoms with van der Waals surface area (Å²) in [5, 5.41) is 3.36. The van der Waals surface area contributed by atoms with E-state index in [1.807, 2.05) is 0 Å². The van der Waals surface area contributed by atoms with E-state index in [4.69, 9.17) is 13.9 Å². The maximum atomic E-state index is 13.1. The summed E-state index contributed by atoms with van der Waals surface area (Å²) in [4.78, 5) is 24.3. The van der Waals surface area contributed by atoms with Gasteiger partial charge in [-0.15, -0.1) is 0 Å². The van der Waals surface area contributed by atoms with Gasteiger partial charge in [0.15, 0.2) is 11.5 Å². The number of hydrogen-bond acceptors (Lipinski definition) is 7. The number of ether oxygens (including phenoxy) is 2. The summed E-state index contributed by atoms with van der Waals surface area (Å²) in [7, 11) is -4.02. The van der Waals surface area contributed by atoms with Gasteiger partial charge < -0.3 is 19.2 Å². The van der Waals surface area contributed by atoms with Crippen LogP contribution in [-0.2, 0) is 14.8 Å². The van der Waals surface area contributed by atoms with E-state index in [-0.39, 0.29) is 10.8 Å². The minimum atomic E-state index is -4.02. The van der Waals surface area contributed by atoms with Crippen LogP contribution in [0.3, 0.4) is 0 Å². The Labute approximate surface area is 190 Å². The molecule has 9 nitrogen and oxygen atoms in total. The Morgan fingerprint density at radius 1 is 0.970 bits per heavy atom. The van der Waals surface area contributed by atoms with Crippen molar-refractivity contribution in [2.75, 3.05) is 18.5 Å². The van der Waals surface area contributed by atoms with Crippen molar-refractivity contribution >= 4 is 32.6 Å². The number of carbonyl (C=O) groups excluding carboxylic acids is 1. The Balaban J connectivity index is 1.54. The molecule has 1 aliphatic rings. The van der Waals surface area contributed by atoms with Gasteiger partial charge in [0.05, 0.1) is 18.1 Å². The fourth-order valence-electron chi connectivity index (χ4n) is 3.41. The standard InChI is InChI=1S/C23H24N2O7S/c1-14(2)22(23(27)24-16-5-7-18-15(12-16)4-9-21(26)32-18)25-33(28,29)17-6-8-19-20(13-17)31-11-3-10-30-19/h4-9,12-14,22,25H,3,10-11H2,1-2H3,(H,24,27). The summed E-state index contributed by atoms with van der Waals surface area (Å²) >= 11 is 0. The second kappa shape index (κ2) is 9.24. The smallest absolute Gasteiger partial charge is 0.336 e. The number of fused-ring (bicyclic) bond motifs is 2. The van der Waals surface area contributed by atoms with Crippen molar-refractivity contribution in [1.82, 2.24) is 4.72 Å². The summed E-state index contributed by atoms with van der Waals surface area (Å²) in [5.41, 5.74) is 0.362. The van der Waals surface area contributed by atoms with Crippen LogP contribution in [0, 0.1) is 5.92 Å². The van der Waals surface area contributed by atoms with E-state index in [0.29, 0.717) is 47.8 Å². The van der Waals surface area contributed by atoms with Crippen molar-refractivity contribution in [3.8, 4) is 11.5 Å². The molecule has 3 aromatic rings. The predicted molar refractivity (Wildman–Crippen MR) is 122 cm³/mol. The minimum absolute atomic E-state index is 0.0223. The number of hydrogen-bond donors (Lipinski definition) is 2. The SMILES string of the molecule is CC(C)C(NS(=O)(=O)c1ccc2c(c1)OCCCO2)C(=O)Nc1ccc2oc(=O)ccc2c1. The molecule has 0 aliphatic carbocycles. The fourth-order valence-corrected chi connectivity index (χ4v) is 4.77. The van der Waals surface area contributed by atoms with Gasteiger partial charge in [0.2, 0.25) is 15.9 Å². The van der Waals surface area contributed by atoms with Gasteiger partial charge in [-0.25, -0.2) is 13.2 Å². The van der Waals surface area contributed by atoms with Gasteiger partial charge in [-0.05, 0) is 42.3 Å². The van der Waals surface area contributed by atoms with Crippen molar-refractivity contribution in [2.45, 2.75) is 31.2 Å². The van der Waals surface area contributed by atoms with E-state index >= 15 is 0 Å². The lowest BCUT2D eigenvalue weighted by molar-refractivity contribution is -0.118. The van der Waals surface area contributed by atoms with Crippen molar-refractivity contribution in [3.05, 3.63) is 59.0 Å². The van der Waals surface area contributed by atoms with Crippen molar-refractivity contribution < 1.29 is 27.1 Å². The zero-order valence-corrected chi connectivity index (χ0v) is 19.0. The highest BCUT2D eigenvalue weighted by Crippen LogP contribution is 2.32. The number of carbonyl (C=O) groups is 1. The van der Waals surface area contributed by atoms with Crippen molar-refractivity contribution in [1.29, 1.82) is 0 Å². The Morgan fingerprint density at radius 3 is 2.48 bits per heavy atom. The number of anilines is 1. The third-order valence-electron chi connectivity index (χ3n) is 5.15. The largest absolute Gasteiger partial charge is 0.490 e. The van der Waals surface area contributed by atoms with E-state index < -0.39 is 27.6 Å². The Morgan fingerprint density at radius 2 is 1.73 bits per heavy atom. The lowest BCUT2D eigenvalue weighted by Crippen LogP contribution is -2.47. The van der Waals surface area contributed by atoms with Crippen LogP contribution in [0.5, 0.6) is 11.5 Å². The van der Waals surface area contributed by atoms with Gasteiger partial charge in [0.1, 0.15) is 11.6 Å². The van der Waals surface area contributed by atoms with E-state index in [1.54, 1.807) is 44.2 Å². The molecule has 0 saturated carbocycles. The molecule has 10 heteroatoms. The Bertz CT molecular complexity index is 1350. The first-order valence-electron chi connectivity index (χ1n) is 10.5. The first-order valence-corrected chi connectivity index (χ1v) is 12.0. The number of rotatable bonds is 6. The van der Waals surface area contributed by atoms with Gasteiger partial charge in [0, 0.05) is 29.6 Å². The second-order valence-corrected chi connectivity index (χ2v) is 9.71. The van der Waals surface area contributed by atoms with Gasteiger partial charge in [-0.2, -0.15) is 4.72 Å². The number of nitrogens with one attached hydrogen (secondary N) is 2. The van der Waals surface area contributed by atoms with Crippen LogP contribution in [0.15, 0.2) is 62.6 Å². The molecule has 0 fully saturated rings. The summed E-state index contributed by atoms with van der Waals surface area (Å²) in [6.07, 6.45) is 0.700. The first kappa shape index (κ1) is 22.8. The van der Waals surface area contributed by atoms with Crippen LogP contribution in [0.4, 0.5) is 5.69 Å². The molecule has 1 aliphatic heterocycles. The van der Waals surface area contributed by atoms with Crippen LogP contribution < -0.4 is 25.1 Å². The highest BCUT2D eigenvalue weighted by Gasteiger charge is 2.29. The molecule has 1 amide bonds. The minimum Gasteiger partial charge on any atom is -0.490 e. The summed E-state index contributed by atoms with van der Waals surface area (Å²) < 4.78 is 44.8. The fraction of sp³-hybridized carbons (Fsp3) is 0.304. The maximum absolute atomic E-state index is 13.1. The highest BCUT2D eigenvalue weighted by molar-refractivity contribution is 7.89. The molecule has 174 valence electrons. The molecule has 2 heterocycles. The molecule has 0 spiro atoms. The zero-order valence-electron chi connectivity index (χ0n) is 18.2. The molecule has 1 aromatic heterocycles. The molecule has 0 saturated heterocycles. The summed E-state index contributed by atoms with van der Waals surface area (Å²) in [5.74, 6) is -0.0150. The van der Waals surface area contributed by atoms with Crippen LogP contribution in [0.25, 0.3) is 11.0 Å². The number of amides is 1. The predicted octanol–water partition coefficient (Wildman–Crippen LogP) is 2.90. The number of benzene rings is 2. The average molecular weight is 473 g/mol. The zero-order chi connectivity index (χ0) is 23.6. The third kappa shape index (κ3) is 5.18. The topological polar surface area (TPSA) is 124 Å². The first-order chi connectivity index (χ1) is 15.7. The molecule has 33 heavy (non-hydrogen) atoms. The molecule has 1 atom stereocenters. The van der Waals surface area contributed by atoms with Gasteiger partial charge in [-0.3, -0.25) is 4.79 Å². The quantitative estimate of drug-likeness (QED) is 0.529. The third-order valence-corrected chi connectivity index (χ3v) is 6.59. The maximum Gasteiger partial charge on any atom is 0.336 e. The van der Waals surface area contributed by atoms with Gasteiger partial charge in [0.25, 0.3) is 0 Å². The molecule has 0 bridgehead atoms. The van der Waals surface area contributed by atoms with Crippen LogP contribution in [-0.4, -0.2) is 33.6 Å². The second-order valence-electron chi connectivity index (χ2n) is 8.00. The molecular formula is C23H24N2O7S. The highest BCUT2D eigenvalue weighted by atomic mass is 32.2. The van der Waals surface area contributed by atoms with Crippen LogP contribution in [0.2, 0.25) is 0 Å². The normalized spacial score (nSPS) is 14.6. The Hall–Kier alpha value is -3.37. The Kier molecular flexibility index (Phi) is 6.39. The van der Waals surface area contributed by atoms with Crippen LogP contribution >= 0.6 is 0 Å². The molecule has 4 rings (SSSR count). The molecule has 2 aromatic carbocycles. The summed E-state index contributed by atoms with van der Waals surface area (Å²) in [6.45, 7) is 4.41. The van der Waals surface area contributed by atoms with Crippen molar-refractivity contribution in [3.63, 3.8) is 0 Å². The molecule has 1 unspecified atom stereocenters. The lowest BCUT2D eigenvalue weighted by Gasteiger charge is -2.22. The molecule has 2 N–H and O–H groups in total. The monoisotopic (exact) mass is 472 g/mol. The summed E-state index contributed by atoms with van der Waals surface area (Å²) in [6, 6.07) is 11.0. The van der Waals surface area contributed by atoms with Crippen molar-refractivity contribution in [2.24, 2.45) is 5.92 Å². The van der Waals surface area contributed by atoms with E-state index in [9.17, 15) is 18.0 Å². The lowest BCUT2D eigenvalue weighted by atomic mass is 10.0. The molecule has 0 radical (unpaired) electrons. The average Bonchev–Trinajstić information content (AvgIpc) is 3.02. The van der Waals surface area contributed by atoms with Gasteiger partial charge >= 0.3 is 5.63 Å². The molecular weight excluding hydrogens is 448 g/mol. The van der Waals surface area contributed by atoms with E-state index in [1.165, 1.54) is 18.2 Å². The van der Waals surface area contributed by atoms with E-state index in [0.717, 1.165) is 0 Å². The van der Waals surface area contributed by atoms with Crippen LogP contribution in [0.1, 0.15) is 20.3 Å². The number of sulfonamides is 1. The van der Waals surface area contributed by atoms with E-state index in [2.05, 4.69) is 10.0 Å². The van der Waals surface area contributed by atoms with Gasteiger partial charge in [-0.1, -0.05) is 13.8 Å².